The van der Waals surface area contributed by atoms with E-state index < -0.39 is 0 Å². The van der Waals surface area contributed by atoms with Crippen molar-refractivity contribution >= 4 is 29.9 Å². The lowest BCUT2D eigenvalue weighted by Gasteiger charge is -2.22. The fraction of sp³-hybridized carbons (Fsp3) is 0.565. The Hall–Kier alpha value is -1.65. The van der Waals surface area contributed by atoms with Gasteiger partial charge in [-0.1, -0.05) is 30.3 Å². The Labute approximate surface area is 203 Å². The number of methoxy groups -OCH3 is 1. The Morgan fingerprint density at radius 2 is 2.03 bits per heavy atom. The van der Waals surface area contributed by atoms with Crippen LogP contribution in [0.2, 0.25) is 0 Å². The number of hydrogen-bond donors (Lipinski definition) is 1. The Kier molecular flexibility index (Phi) is 10.8. The van der Waals surface area contributed by atoms with Gasteiger partial charge in [-0.15, -0.1) is 24.0 Å². The summed E-state index contributed by atoms with van der Waals surface area (Å²) < 4.78 is 13.2. The van der Waals surface area contributed by atoms with E-state index in [1.807, 2.05) is 17.8 Å². The molecule has 8 heteroatoms. The van der Waals surface area contributed by atoms with E-state index in [-0.39, 0.29) is 24.0 Å². The lowest BCUT2D eigenvalue weighted by atomic mass is 10.1. The fourth-order valence-corrected chi connectivity index (χ4v) is 3.96. The maximum absolute atomic E-state index is 5.95. The summed E-state index contributed by atoms with van der Waals surface area (Å²) in [5.41, 5.74) is 4.69. The van der Waals surface area contributed by atoms with Gasteiger partial charge in [0.05, 0.1) is 32.1 Å². The molecule has 1 fully saturated rings. The van der Waals surface area contributed by atoms with Crippen LogP contribution in [0, 0.1) is 19.8 Å². The fourth-order valence-electron chi connectivity index (χ4n) is 3.96. The minimum atomic E-state index is 0. The van der Waals surface area contributed by atoms with Crippen LogP contribution in [0.5, 0.6) is 0 Å². The summed E-state index contributed by atoms with van der Waals surface area (Å²) in [5, 5.41) is 8.18. The first kappa shape index (κ1) is 25.6. The van der Waals surface area contributed by atoms with E-state index in [1.165, 1.54) is 16.8 Å². The average molecular weight is 541 g/mol. The lowest BCUT2D eigenvalue weighted by molar-refractivity contribution is 0.0906. The third-order valence-corrected chi connectivity index (χ3v) is 5.72. The van der Waals surface area contributed by atoms with Crippen LogP contribution in [-0.4, -0.2) is 61.1 Å². The molecule has 0 spiro atoms. The van der Waals surface area contributed by atoms with Gasteiger partial charge in [0.2, 0.25) is 0 Å². The van der Waals surface area contributed by atoms with Crippen molar-refractivity contribution in [2.45, 2.75) is 40.0 Å². The zero-order valence-corrected chi connectivity index (χ0v) is 21.5. The van der Waals surface area contributed by atoms with Gasteiger partial charge in [0.15, 0.2) is 5.96 Å². The molecule has 0 radical (unpaired) electrons. The van der Waals surface area contributed by atoms with Crippen LogP contribution in [-0.2, 0) is 29.2 Å². The molecule has 31 heavy (non-hydrogen) atoms. The van der Waals surface area contributed by atoms with Gasteiger partial charge >= 0.3 is 0 Å². The number of nitrogens with zero attached hydrogens (tertiary/aromatic N) is 4. The predicted molar refractivity (Wildman–Crippen MR) is 135 cm³/mol. The quantitative estimate of drug-likeness (QED) is 0.300. The number of likely N-dealkylation sites (tertiary alicyclic amines) is 1. The summed E-state index contributed by atoms with van der Waals surface area (Å²) >= 11 is 0. The Morgan fingerprint density at radius 1 is 1.26 bits per heavy atom. The molecule has 0 saturated carbocycles. The Balaban J connectivity index is 0.00000341. The number of guanidine groups is 1. The highest BCUT2D eigenvalue weighted by atomic mass is 127. The van der Waals surface area contributed by atoms with Gasteiger partial charge < -0.3 is 19.7 Å². The number of rotatable bonds is 9. The van der Waals surface area contributed by atoms with E-state index in [0.717, 1.165) is 50.9 Å². The zero-order valence-electron chi connectivity index (χ0n) is 19.1. The van der Waals surface area contributed by atoms with E-state index in [1.54, 1.807) is 7.11 Å². The van der Waals surface area contributed by atoms with Gasteiger partial charge in [0.25, 0.3) is 0 Å². The summed E-state index contributed by atoms with van der Waals surface area (Å²) in [6.45, 7) is 9.78. The molecule has 1 unspecified atom stereocenters. The second-order valence-corrected chi connectivity index (χ2v) is 7.87. The molecule has 2 heterocycles. The molecular formula is C23H36IN5O2. The van der Waals surface area contributed by atoms with Gasteiger partial charge in [-0.05, 0) is 25.8 Å². The topological polar surface area (TPSA) is 63.9 Å². The van der Waals surface area contributed by atoms with Gasteiger partial charge in [-0.2, -0.15) is 5.10 Å². The molecular weight excluding hydrogens is 505 g/mol. The summed E-state index contributed by atoms with van der Waals surface area (Å²) in [7, 11) is 3.57. The number of nitrogens with one attached hydrogen (secondary N) is 1. The molecule has 3 rings (SSSR count). The number of halogens is 1. The van der Waals surface area contributed by atoms with Crippen molar-refractivity contribution in [3.63, 3.8) is 0 Å². The van der Waals surface area contributed by atoms with Crippen molar-refractivity contribution < 1.29 is 9.47 Å². The molecule has 2 aromatic rings. The summed E-state index contributed by atoms with van der Waals surface area (Å²) in [6.07, 6.45) is 1.13. The lowest BCUT2D eigenvalue weighted by Crippen LogP contribution is -2.40. The standard InChI is InChI=1S/C23H35N5O2.HI/c1-18-22(19(2)28(26-18)12-13-29-4)14-25-23(24-3)27-11-10-21(15-27)17-30-16-20-8-6-5-7-9-20;/h5-9,21H,10-17H2,1-4H3,(H,24,25);1H. The van der Waals surface area contributed by atoms with E-state index in [0.29, 0.717) is 19.1 Å². The largest absolute Gasteiger partial charge is 0.383 e. The summed E-state index contributed by atoms with van der Waals surface area (Å²) in [4.78, 5) is 6.84. The zero-order chi connectivity index (χ0) is 21.3. The monoisotopic (exact) mass is 541 g/mol. The maximum atomic E-state index is 5.95. The first-order valence-electron chi connectivity index (χ1n) is 10.7. The van der Waals surface area contributed by atoms with E-state index >= 15 is 0 Å². The molecule has 1 atom stereocenters. The van der Waals surface area contributed by atoms with Crippen LogP contribution in [0.3, 0.4) is 0 Å². The SMILES string of the molecule is CN=C(NCc1c(C)nn(CCOC)c1C)N1CCC(COCc2ccccc2)C1.I. The number of hydrogen-bond acceptors (Lipinski definition) is 4. The van der Waals surface area contributed by atoms with Crippen LogP contribution in [0.1, 0.15) is 28.9 Å². The van der Waals surface area contributed by atoms with E-state index in [9.17, 15) is 0 Å². The Morgan fingerprint density at radius 3 is 2.74 bits per heavy atom. The molecule has 0 bridgehead atoms. The van der Waals surface area contributed by atoms with Crippen LogP contribution >= 0.6 is 24.0 Å². The van der Waals surface area contributed by atoms with Crippen molar-refractivity contribution in [2.75, 3.05) is 40.5 Å². The minimum absolute atomic E-state index is 0. The van der Waals surface area contributed by atoms with Crippen LogP contribution < -0.4 is 5.32 Å². The predicted octanol–water partition coefficient (Wildman–Crippen LogP) is 3.38. The number of aromatic nitrogens is 2. The third-order valence-electron chi connectivity index (χ3n) is 5.72. The molecule has 7 nitrogen and oxygen atoms in total. The van der Waals surface area contributed by atoms with E-state index in [2.05, 4.69) is 58.4 Å². The van der Waals surface area contributed by atoms with Crippen molar-refractivity contribution in [3.05, 3.63) is 52.8 Å². The number of ether oxygens (including phenoxy) is 2. The summed E-state index contributed by atoms with van der Waals surface area (Å²) in [6, 6.07) is 10.3. The van der Waals surface area contributed by atoms with Crippen molar-refractivity contribution in [1.82, 2.24) is 20.0 Å². The van der Waals surface area contributed by atoms with Gasteiger partial charge in [0.1, 0.15) is 0 Å². The first-order chi connectivity index (χ1) is 14.6. The third kappa shape index (κ3) is 7.18. The van der Waals surface area contributed by atoms with Gasteiger partial charge in [-0.3, -0.25) is 9.67 Å². The molecule has 0 amide bonds. The highest BCUT2D eigenvalue weighted by Crippen LogP contribution is 2.18. The molecule has 1 saturated heterocycles. The highest BCUT2D eigenvalue weighted by Gasteiger charge is 2.25. The van der Waals surface area contributed by atoms with E-state index in [4.69, 9.17) is 9.47 Å². The number of aryl methyl sites for hydroxylation is 1. The second-order valence-electron chi connectivity index (χ2n) is 7.87. The second kappa shape index (κ2) is 13.0. The number of aliphatic imine (C=N–C) groups is 1. The molecule has 1 aliphatic heterocycles. The van der Waals surface area contributed by atoms with Crippen LogP contribution in [0.25, 0.3) is 0 Å². The molecule has 1 aromatic heterocycles. The Bertz CT molecular complexity index is 825. The average Bonchev–Trinajstić information content (AvgIpc) is 3.33. The number of benzene rings is 1. The highest BCUT2D eigenvalue weighted by molar-refractivity contribution is 14.0. The summed E-state index contributed by atoms with van der Waals surface area (Å²) in [5.74, 6) is 1.48. The first-order valence-corrected chi connectivity index (χ1v) is 10.7. The van der Waals surface area contributed by atoms with Gasteiger partial charge in [-0.25, -0.2) is 0 Å². The molecule has 1 N–H and O–H groups in total. The molecule has 172 valence electrons. The van der Waals surface area contributed by atoms with Crippen LogP contribution in [0.4, 0.5) is 0 Å². The van der Waals surface area contributed by atoms with Crippen molar-refractivity contribution in [1.29, 1.82) is 0 Å². The molecule has 0 aliphatic carbocycles. The molecule has 1 aromatic carbocycles. The molecule has 1 aliphatic rings. The van der Waals surface area contributed by atoms with Gasteiger partial charge in [0, 0.05) is 51.0 Å². The van der Waals surface area contributed by atoms with Crippen LogP contribution in [0.15, 0.2) is 35.3 Å². The minimum Gasteiger partial charge on any atom is -0.383 e. The normalized spacial score (nSPS) is 16.5. The smallest absolute Gasteiger partial charge is 0.193 e. The van der Waals surface area contributed by atoms with Crippen molar-refractivity contribution in [3.8, 4) is 0 Å². The van der Waals surface area contributed by atoms with Crippen molar-refractivity contribution in [2.24, 2.45) is 10.9 Å². The maximum Gasteiger partial charge on any atom is 0.193 e.